The second-order valence-electron chi connectivity index (χ2n) is 6.66. The molecule has 0 aromatic carbocycles. The largest absolute Gasteiger partial charge is 0.346 e. The Labute approximate surface area is 155 Å². The van der Waals surface area contributed by atoms with E-state index in [9.17, 15) is 9.59 Å². The van der Waals surface area contributed by atoms with E-state index < -0.39 is 0 Å². The quantitative estimate of drug-likeness (QED) is 0.801. The van der Waals surface area contributed by atoms with Crippen LogP contribution in [0.5, 0.6) is 0 Å². The van der Waals surface area contributed by atoms with Gasteiger partial charge in [-0.05, 0) is 25.7 Å². The van der Waals surface area contributed by atoms with Crippen LogP contribution in [0.15, 0.2) is 11.6 Å². The van der Waals surface area contributed by atoms with Crippen LogP contribution in [-0.2, 0) is 4.79 Å². The molecule has 2 aromatic heterocycles. The van der Waals surface area contributed by atoms with Gasteiger partial charge in [0.2, 0.25) is 5.91 Å². The summed E-state index contributed by atoms with van der Waals surface area (Å²) in [5.41, 5.74) is 0.358. The molecule has 3 rings (SSSR count). The first kappa shape index (κ1) is 18.0. The number of carbonyl (C=O) groups excluding carboxylic acids is 2. The molecule has 0 aliphatic heterocycles. The molecule has 0 saturated heterocycles. The van der Waals surface area contributed by atoms with E-state index >= 15 is 0 Å². The molecule has 0 unspecified atom stereocenters. The van der Waals surface area contributed by atoms with Gasteiger partial charge in [-0.3, -0.25) is 14.9 Å². The SMILES string of the molecule is Cc1cnc(NC(=O)c2csc([C@@H](NC(=O)C3CCC3)C(C)C)n2)s1. The molecular weight excluding hydrogens is 356 g/mol. The Morgan fingerprint density at radius 3 is 2.64 bits per heavy atom. The highest BCUT2D eigenvalue weighted by Gasteiger charge is 2.29. The summed E-state index contributed by atoms with van der Waals surface area (Å²) in [4.78, 5) is 34.2. The fourth-order valence-corrected chi connectivity index (χ4v) is 4.24. The van der Waals surface area contributed by atoms with Gasteiger partial charge in [0, 0.05) is 22.4 Å². The van der Waals surface area contributed by atoms with Crippen molar-refractivity contribution < 1.29 is 9.59 Å². The molecular formula is C17H22N4O2S2. The van der Waals surface area contributed by atoms with Gasteiger partial charge in [0.25, 0.3) is 5.91 Å². The van der Waals surface area contributed by atoms with Crippen LogP contribution in [0, 0.1) is 18.8 Å². The topological polar surface area (TPSA) is 84.0 Å². The van der Waals surface area contributed by atoms with Crippen molar-refractivity contribution in [3.63, 3.8) is 0 Å². The molecule has 8 heteroatoms. The lowest BCUT2D eigenvalue weighted by Gasteiger charge is -2.28. The minimum absolute atomic E-state index is 0.101. The summed E-state index contributed by atoms with van der Waals surface area (Å²) in [6.07, 6.45) is 4.78. The molecule has 0 bridgehead atoms. The van der Waals surface area contributed by atoms with Crippen LogP contribution < -0.4 is 10.6 Å². The maximum absolute atomic E-state index is 12.3. The van der Waals surface area contributed by atoms with E-state index in [-0.39, 0.29) is 29.7 Å². The van der Waals surface area contributed by atoms with E-state index in [1.807, 2.05) is 20.8 Å². The first-order chi connectivity index (χ1) is 11.9. The predicted octanol–water partition coefficient (Wildman–Crippen LogP) is 3.77. The van der Waals surface area contributed by atoms with E-state index in [1.54, 1.807) is 11.6 Å². The highest BCUT2D eigenvalue weighted by molar-refractivity contribution is 7.15. The molecule has 0 radical (unpaired) electrons. The summed E-state index contributed by atoms with van der Waals surface area (Å²) in [5, 5.41) is 8.93. The molecule has 1 fully saturated rings. The summed E-state index contributed by atoms with van der Waals surface area (Å²) in [5.74, 6) is 0.166. The van der Waals surface area contributed by atoms with E-state index in [4.69, 9.17) is 0 Å². The van der Waals surface area contributed by atoms with Gasteiger partial charge in [0.15, 0.2) is 5.13 Å². The van der Waals surface area contributed by atoms with Crippen LogP contribution >= 0.6 is 22.7 Å². The third-order valence-electron chi connectivity index (χ3n) is 4.30. The Morgan fingerprint density at radius 2 is 2.08 bits per heavy atom. The molecule has 134 valence electrons. The number of hydrogen-bond acceptors (Lipinski definition) is 6. The van der Waals surface area contributed by atoms with Crippen LogP contribution in [0.4, 0.5) is 5.13 Å². The highest BCUT2D eigenvalue weighted by atomic mass is 32.1. The van der Waals surface area contributed by atoms with E-state index in [1.165, 1.54) is 22.7 Å². The Bertz CT molecular complexity index is 764. The zero-order valence-corrected chi connectivity index (χ0v) is 16.2. The van der Waals surface area contributed by atoms with Crippen molar-refractivity contribution in [1.29, 1.82) is 0 Å². The molecule has 1 aliphatic rings. The van der Waals surface area contributed by atoms with Gasteiger partial charge in [0.05, 0.1) is 6.04 Å². The number of anilines is 1. The number of thiazole rings is 2. The number of rotatable bonds is 6. The fraction of sp³-hybridized carbons (Fsp3) is 0.529. The second-order valence-corrected chi connectivity index (χ2v) is 8.78. The predicted molar refractivity (Wildman–Crippen MR) is 100.0 cm³/mol. The van der Waals surface area contributed by atoms with Crippen molar-refractivity contribution in [2.75, 3.05) is 5.32 Å². The number of nitrogens with one attached hydrogen (secondary N) is 2. The molecule has 1 saturated carbocycles. The molecule has 25 heavy (non-hydrogen) atoms. The first-order valence-corrected chi connectivity index (χ1v) is 10.1. The van der Waals surface area contributed by atoms with Gasteiger partial charge in [-0.2, -0.15) is 0 Å². The third kappa shape index (κ3) is 4.24. The van der Waals surface area contributed by atoms with Crippen molar-refractivity contribution in [3.05, 3.63) is 27.2 Å². The Balaban J connectivity index is 1.68. The van der Waals surface area contributed by atoms with Crippen molar-refractivity contribution >= 4 is 39.6 Å². The van der Waals surface area contributed by atoms with Crippen molar-refractivity contribution in [2.24, 2.45) is 11.8 Å². The van der Waals surface area contributed by atoms with Crippen molar-refractivity contribution in [3.8, 4) is 0 Å². The summed E-state index contributed by atoms with van der Waals surface area (Å²) in [7, 11) is 0. The van der Waals surface area contributed by atoms with Crippen LogP contribution in [0.2, 0.25) is 0 Å². The zero-order chi connectivity index (χ0) is 18.0. The molecule has 1 atom stereocenters. The normalized spacial score (nSPS) is 15.7. The van der Waals surface area contributed by atoms with Crippen molar-refractivity contribution in [1.82, 2.24) is 15.3 Å². The average molecular weight is 379 g/mol. The van der Waals surface area contributed by atoms with Gasteiger partial charge < -0.3 is 5.32 Å². The summed E-state index contributed by atoms with van der Waals surface area (Å²) in [6.45, 7) is 6.03. The summed E-state index contributed by atoms with van der Waals surface area (Å²) < 4.78 is 0. The van der Waals surface area contributed by atoms with Gasteiger partial charge in [0.1, 0.15) is 10.7 Å². The number of nitrogens with zero attached hydrogens (tertiary/aromatic N) is 2. The van der Waals surface area contributed by atoms with Gasteiger partial charge >= 0.3 is 0 Å². The lowest BCUT2D eigenvalue weighted by atomic mass is 9.84. The fourth-order valence-electron chi connectivity index (χ4n) is 2.56. The number of hydrogen-bond donors (Lipinski definition) is 2. The molecule has 0 spiro atoms. The number of amides is 2. The van der Waals surface area contributed by atoms with Gasteiger partial charge in [-0.1, -0.05) is 20.3 Å². The summed E-state index contributed by atoms with van der Waals surface area (Å²) >= 11 is 2.83. The van der Waals surface area contributed by atoms with E-state index in [2.05, 4.69) is 20.6 Å². The number of carbonyl (C=O) groups is 2. The standard InChI is InChI=1S/C17H22N4O2S2/c1-9(2)13(20-14(22)11-5-4-6-11)16-19-12(8-24-16)15(23)21-17-18-7-10(3)25-17/h7-9,11,13H,4-6H2,1-3H3,(H,20,22)(H,18,21,23)/t13-/m0/s1. The van der Waals surface area contributed by atoms with Crippen molar-refractivity contribution in [2.45, 2.75) is 46.1 Å². The lowest BCUT2D eigenvalue weighted by molar-refractivity contribution is -0.128. The monoisotopic (exact) mass is 378 g/mol. The highest BCUT2D eigenvalue weighted by Crippen LogP contribution is 2.30. The maximum atomic E-state index is 12.3. The van der Waals surface area contributed by atoms with Crippen LogP contribution in [0.25, 0.3) is 0 Å². The minimum Gasteiger partial charge on any atom is -0.346 e. The molecule has 2 heterocycles. The average Bonchev–Trinajstić information content (AvgIpc) is 3.12. The lowest BCUT2D eigenvalue weighted by Crippen LogP contribution is -2.38. The third-order valence-corrected chi connectivity index (χ3v) is 6.06. The Kier molecular flexibility index (Phi) is 5.48. The molecule has 6 nitrogen and oxygen atoms in total. The minimum atomic E-state index is -0.273. The van der Waals surface area contributed by atoms with Gasteiger partial charge in [-0.25, -0.2) is 9.97 Å². The zero-order valence-electron chi connectivity index (χ0n) is 14.5. The van der Waals surface area contributed by atoms with Crippen LogP contribution in [-0.4, -0.2) is 21.8 Å². The smallest absolute Gasteiger partial charge is 0.276 e. The number of aryl methyl sites for hydroxylation is 1. The molecule has 1 aliphatic carbocycles. The maximum Gasteiger partial charge on any atom is 0.276 e. The Morgan fingerprint density at radius 1 is 1.32 bits per heavy atom. The first-order valence-electron chi connectivity index (χ1n) is 8.43. The van der Waals surface area contributed by atoms with Crippen LogP contribution in [0.1, 0.15) is 59.5 Å². The van der Waals surface area contributed by atoms with Gasteiger partial charge in [-0.15, -0.1) is 22.7 Å². The number of aromatic nitrogens is 2. The molecule has 2 aromatic rings. The van der Waals surface area contributed by atoms with E-state index in [0.29, 0.717) is 10.8 Å². The second kappa shape index (κ2) is 7.61. The summed E-state index contributed by atoms with van der Waals surface area (Å²) in [6, 6.07) is -0.165. The van der Waals surface area contributed by atoms with Crippen LogP contribution in [0.3, 0.4) is 0 Å². The molecule has 2 amide bonds. The molecule has 2 N–H and O–H groups in total. The Hall–Kier alpha value is -1.80. The van der Waals surface area contributed by atoms with E-state index in [0.717, 1.165) is 29.1 Å².